The van der Waals surface area contributed by atoms with Crippen molar-refractivity contribution in [3.63, 3.8) is 0 Å². The fourth-order valence-electron chi connectivity index (χ4n) is 2.00. The SMILES string of the molecule is C/C(=N\Nc1nnc(SCC(=O)Nc2ccccc2Br)n1N)c1cccs1. The minimum Gasteiger partial charge on any atom is -0.334 e. The number of halogens is 1. The molecule has 2 aromatic heterocycles. The Balaban J connectivity index is 1.56. The van der Waals surface area contributed by atoms with Crippen LogP contribution in [0.15, 0.2) is 56.5 Å². The largest absolute Gasteiger partial charge is 0.334 e. The Morgan fingerprint density at radius 2 is 2.15 bits per heavy atom. The van der Waals surface area contributed by atoms with E-state index in [0.29, 0.717) is 16.8 Å². The van der Waals surface area contributed by atoms with Gasteiger partial charge in [0.1, 0.15) is 0 Å². The first kappa shape index (κ1) is 19.4. The Morgan fingerprint density at radius 3 is 2.89 bits per heavy atom. The molecule has 0 fully saturated rings. The van der Waals surface area contributed by atoms with E-state index in [2.05, 4.69) is 42.0 Å². The summed E-state index contributed by atoms with van der Waals surface area (Å²) in [5.74, 6) is 6.24. The second-order valence-corrected chi connectivity index (χ2v) is 8.02. The zero-order chi connectivity index (χ0) is 19.2. The summed E-state index contributed by atoms with van der Waals surface area (Å²) in [7, 11) is 0. The molecule has 3 rings (SSSR count). The second-order valence-electron chi connectivity index (χ2n) is 5.28. The molecule has 27 heavy (non-hydrogen) atoms. The first-order valence-corrected chi connectivity index (χ1v) is 10.4. The highest BCUT2D eigenvalue weighted by Gasteiger charge is 2.13. The van der Waals surface area contributed by atoms with E-state index >= 15 is 0 Å². The molecule has 8 nitrogen and oxygen atoms in total. The Kier molecular flexibility index (Phi) is 6.48. The predicted octanol–water partition coefficient (Wildman–Crippen LogP) is 3.38. The van der Waals surface area contributed by atoms with E-state index in [4.69, 9.17) is 5.84 Å². The Hall–Kier alpha value is -2.37. The van der Waals surface area contributed by atoms with E-state index in [0.717, 1.165) is 15.1 Å². The van der Waals surface area contributed by atoms with Gasteiger partial charge in [0.15, 0.2) is 0 Å². The molecule has 0 unspecified atom stereocenters. The maximum Gasteiger partial charge on any atom is 0.264 e. The highest BCUT2D eigenvalue weighted by atomic mass is 79.9. The summed E-state index contributed by atoms with van der Waals surface area (Å²) in [6.45, 7) is 1.89. The van der Waals surface area contributed by atoms with Gasteiger partial charge in [0.25, 0.3) is 5.95 Å². The van der Waals surface area contributed by atoms with Crippen LogP contribution in [0.25, 0.3) is 0 Å². The number of hydrazone groups is 1. The fourth-order valence-corrected chi connectivity index (χ4v) is 3.72. The number of aromatic nitrogens is 3. The van der Waals surface area contributed by atoms with Crippen molar-refractivity contribution >= 4 is 62.3 Å². The topological polar surface area (TPSA) is 110 Å². The van der Waals surface area contributed by atoms with Gasteiger partial charge in [-0.1, -0.05) is 30.0 Å². The summed E-state index contributed by atoms with van der Waals surface area (Å²) in [6.07, 6.45) is 0. The molecule has 1 amide bonds. The van der Waals surface area contributed by atoms with Gasteiger partial charge in [0.05, 0.1) is 17.2 Å². The number of nitrogen functional groups attached to an aromatic ring is 1. The van der Waals surface area contributed by atoms with Crippen LogP contribution in [0.3, 0.4) is 0 Å². The normalized spacial score (nSPS) is 11.4. The van der Waals surface area contributed by atoms with Gasteiger partial charge >= 0.3 is 0 Å². The van der Waals surface area contributed by atoms with Crippen molar-refractivity contribution in [2.45, 2.75) is 12.1 Å². The average Bonchev–Trinajstić information content (AvgIpc) is 3.31. The molecule has 11 heteroatoms. The van der Waals surface area contributed by atoms with E-state index in [1.54, 1.807) is 11.3 Å². The van der Waals surface area contributed by atoms with Gasteiger partial charge in [-0.25, -0.2) is 10.1 Å². The van der Waals surface area contributed by atoms with Crippen LogP contribution in [-0.2, 0) is 4.79 Å². The number of hydrogen-bond donors (Lipinski definition) is 3. The number of thioether (sulfide) groups is 1. The van der Waals surface area contributed by atoms with Crippen LogP contribution >= 0.6 is 39.0 Å². The minimum atomic E-state index is -0.170. The molecule has 0 spiro atoms. The smallest absolute Gasteiger partial charge is 0.264 e. The van der Waals surface area contributed by atoms with Gasteiger partial charge in [-0.2, -0.15) is 5.10 Å². The van der Waals surface area contributed by atoms with Crippen molar-refractivity contribution in [2.24, 2.45) is 5.10 Å². The number of carbonyl (C=O) groups excluding carboxylic acids is 1. The van der Waals surface area contributed by atoms with Gasteiger partial charge in [-0.05, 0) is 46.4 Å². The third-order valence-electron chi connectivity index (χ3n) is 3.35. The van der Waals surface area contributed by atoms with Gasteiger partial charge in [-0.15, -0.1) is 21.5 Å². The number of nitrogens with zero attached hydrogens (tertiary/aromatic N) is 4. The number of benzene rings is 1. The number of amides is 1. The molecule has 0 aliphatic heterocycles. The molecular formula is C16H16BrN7OS2. The van der Waals surface area contributed by atoms with Crippen molar-refractivity contribution in [1.82, 2.24) is 14.9 Å². The van der Waals surface area contributed by atoms with Gasteiger partial charge < -0.3 is 11.2 Å². The van der Waals surface area contributed by atoms with Crippen molar-refractivity contribution < 1.29 is 4.79 Å². The molecule has 0 saturated heterocycles. The number of nitrogens with two attached hydrogens (primary N) is 1. The summed E-state index contributed by atoms with van der Waals surface area (Å²) < 4.78 is 2.08. The number of hydrogen-bond acceptors (Lipinski definition) is 8. The molecular weight excluding hydrogens is 450 g/mol. The van der Waals surface area contributed by atoms with Crippen LogP contribution in [-0.4, -0.2) is 32.2 Å². The van der Waals surface area contributed by atoms with Gasteiger partial charge in [-0.3, -0.25) is 4.79 Å². The second kappa shape index (κ2) is 9.02. The molecule has 0 atom stereocenters. The molecule has 0 radical (unpaired) electrons. The van der Waals surface area contributed by atoms with Crippen molar-refractivity contribution in [3.05, 3.63) is 51.1 Å². The zero-order valence-corrected chi connectivity index (χ0v) is 17.4. The number of para-hydroxylation sites is 1. The van der Waals surface area contributed by atoms with E-state index in [-0.39, 0.29) is 11.7 Å². The lowest BCUT2D eigenvalue weighted by molar-refractivity contribution is -0.113. The van der Waals surface area contributed by atoms with Crippen molar-refractivity contribution in [3.8, 4) is 0 Å². The van der Waals surface area contributed by atoms with Crippen LogP contribution < -0.4 is 16.6 Å². The third-order valence-corrected chi connectivity index (χ3v) is 5.96. The monoisotopic (exact) mass is 465 g/mol. The molecule has 0 bridgehead atoms. The standard InChI is InChI=1S/C16H16BrN7OS2/c1-10(13-7-4-8-26-13)20-21-15-22-23-16(24(15)18)27-9-14(25)19-12-6-3-2-5-11(12)17/h2-8H,9,18H2,1H3,(H,19,25)(H,21,22)/b20-10+. The number of nitrogens with one attached hydrogen (secondary N) is 2. The van der Waals surface area contributed by atoms with E-state index < -0.39 is 0 Å². The zero-order valence-electron chi connectivity index (χ0n) is 14.2. The number of carbonyl (C=O) groups is 1. The number of rotatable bonds is 7. The molecule has 140 valence electrons. The van der Waals surface area contributed by atoms with E-state index in [1.165, 1.54) is 16.4 Å². The van der Waals surface area contributed by atoms with Crippen LogP contribution in [0.5, 0.6) is 0 Å². The van der Waals surface area contributed by atoms with Crippen molar-refractivity contribution in [1.29, 1.82) is 0 Å². The number of thiophene rings is 1. The molecule has 3 aromatic rings. The summed E-state index contributed by atoms with van der Waals surface area (Å²) in [5.41, 5.74) is 4.32. The maximum atomic E-state index is 12.1. The molecule has 2 heterocycles. The van der Waals surface area contributed by atoms with Crippen LogP contribution in [0.2, 0.25) is 0 Å². The molecule has 4 N–H and O–H groups in total. The van der Waals surface area contributed by atoms with Crippen LogP contribution in [0, 0.1) is 0 Å². The lowest BCUT2D eigenvalue weighted by Crippen LogP contribution is -2.17. The van der Waals surface area contributed by atoms with Crippen molar-refractivity contribution in [2.75, 3.05) is 22.3 Å². The van der Waals surface area contributed by atoms with E-state index in [1.807, 2.05) is 48.7 Å². The first-order chi connectivity index (χ1) is 13.0. The van der Waals surface area contributed by atoms with E-state index in [9.17, 15) is 4.79 Å². The summed E-state index contributed by atoms with van der Waals surface area (Å²) in [4.78, 5) is 13.2. The van der Waals surface area contributed by atoms with Gasteiger partial charge in [0, 0.05) is 9.35 Å². The summed E-state index contributed by atoms with van der Waals surface area (Å²) in [6, 6.07) is 11.3. The Bertz CT molecular complexity index is 956. The quantitative estimate of drug-likeness (QED) is 0.213. The molecule has 0 saturated carbocycles. The lowest BCUT2D eigenvalue weighted by atomic mass is 10.3. The maximum absolute atomic E-state index is 12.1. The van der Waals surface area contributed by atoms with Crippen LogP contribution in [0.1, 0.15) is 11.8 Å². The highest BCUT2D eigenvalue weighted by molar-refractivity contribution is 9.10. The summed E-state index contributed by atoms with van der Waals surface area (Å²) >= 11 is 6.17. The lowest BCUT2D eigenvalue weighted by Gasteiger charge is -2.07. The fraction of sp³-hybridized carbons (Fsp3) is 0.125. The molecule has 0 aliphatic carbocycles. The Labute approximate surface area is 172 Å². The average molecular weight is 466 g/mol. The van der Waals surface area contributed by atoms with Crippen LogP contribution in [0.4, 0.5) is 11.6 Å². The predicted molar refractivity (Wildman–Crippen MR) is 114 cm³/mol. The molecule has 1 aromatic carbocycles. The Morgan fingerprint density at radius 1 is 1.33 bits per heavy atom. The first-order valence-electron chi connectivity index (χ1n) is 7.76. The summed E-state index contributed by atoms with van der Waals surface area (Å²) in [5, 5.41) is 17.4. The molecule has 0 aliphatic rings. The van der Waals surface area contributed by atoms with Gasteiger partial charge in [0.2, 0.25) is 11.1 Å². The highest BCUT2D eigenvalue weighted by Crippen LogP contribution is 2.22. The number of anilines is 2. The minimum absolute atomic E-state index is 0.147. The third kappa shape index (κ3) is 5.08.